The Bertz CT molecular complexity index is 750. The smallest absolute Gasteiger partial charge is 0.191 e. The molecule has 136 valence electrons. The Balaban J connectivity index is 0.00000312. The van der Waals surface area contributed by atoms with Gasteiger partial charge in [-0.05, 0) is 24.1 Å². The highest BCUT2D eigenvalue weighted by molar-refractivity contribution is 14.0. The summed E-state index contributed by atoms with van der Waals surface area (Å²) in [6, 6.07) is 18.6. The van der Waals surface area contributed by atoms with Crippen molar-refractivity contribution in [1.82, 2.24) is 10.6 Å². The maximum atomic E-state index is 12.2. The van der Waals surface area contributed by atoms with Gasteiger partial charge in [0.25, 0.3) is 0 Å². The van der Waals surface area contributed by atoms with Crippen molar-refractivity contribution in [2.45, 2.75) is 17.9 Å². The number of aliphatic imine (C=N–C) groups is 1. The molecule has 0 atom stereocenters. The van der Waals surface area contributed by atoms with Crippen LogP contribution in [0.4, 0.5) is 0 Å². The summed E-state index contributed by atoms with van der Waals surface area (Å²) in [5.74, 6) is 0.774. The quantitative estimate of drug-likeness (QED) is 0.281. The molecule has 0 heterocycles. The topological polar surface area (TPSA) is 70.6 Å². The molecule has 0 saturated carbocycles. The van der Waals surface area contributed by atoms with Crippen LogP contribution in [0.3, 0.4) is 0 Å². The Morgan fingerprint density at radius 1 is 0.960 bits per heavy atom. The van der Waals surface area contributed by atoms with Crippen LogP contribution >= 0.6 is 24.0 Å². The van der Waals surface area contributed by atoms with Gasteiger partial charge in [-0.3, -0.25) is 4.99 Å². The van der Waals surface area contributed by atoms with Crippen molar-refractivity contribution in [2.75, 3.05) is 19.3 Å². The van der Waals surface area contributed by atoms with Gasteiger partial charge in [0.1, 0.15) is 0 Å². The van der Waals surface area contributed by atoms with Gasteiger partial charge in [0.05, 0.1) is 10.6 Å². The normalized spacial score (nSPS) is 11.5. The standard InChI is InChI=1S/C18H23N3O2S.HI/c1-19-18(21-15-16-9-4-2-5-10-16)20-13-8-14-24(22,23)17-11-6-3-7-12-17;/h2-7,9-12H,8,13-15H2,1H3,(H2,19,20,21);1H. The first kappa shape index (κ1) is 21.4. The number of nitrogens with zero attached hydrogens (tertiary/aromatic N) is 1. The van der Waals surface area contributed by atoms with E-state index in [0.717, 1.165) is 5.56 Å². The van der Waals surface area contributed by atoms with Crippen LogP contribution in [0.2, 0.25) is 0 Å². The first-order chi connectivity index (χ1) is 11.6. The monoisotopic (exact) mass is 473 g/mol. The molecule has 0 fully saturated rings. The van der Waals surface area contributed by atoms with Crippen LogP contribution in [0.5, 0.6) is 0 Å². The Kier molecular flexibility index (Phi) is 9.51. The molecule has 7 heteroatoms. The number of hydrogen-bond donors (Lipinski definition) is 2. The maximum Gasteiger partial charge on any atom is 0.191 e. The summed E-state index contributed by atoms with van der Waals surface area (Å²) in [6.07, 6.45) is 0.517. The van der Waals surface area contributed by atoms with E-state index in [0.29, 0.717) is 30.4 Å². The van der Waals surface area contributed by atoms with Crippen LogP contribution in [0.15, 0.2) is 70.6 Å². The summed E-state index contributed by atoms with van der Waals surface area (Å²) in [5, 5.41) is 6.34. The minimum absolute atomic E-state index is 0. The zero-order valence-corrected chi connectivity index (χ0v) is 17.3. The van der Waals surface area contributed by atoms with E-state index in [9.17, 15) is 8.42 Å². The van der Waals surface area contributed by atoms with Gasteiger partial charge in [-0.25, -0.2) is 8.42 Å². The molecule has 0 aliphatic rings. The third kappa shape index (κ3) is 7.43. The van der Waals surface area contributed by atoms with Gasteiger partial charge in [-0.15, -0.1) is 24.0 Å². The SMILES string of the molecule is CN=C(NCCCS(=O)(=O)c1ccccc1)NCc1ccccc1.I. The lowest BCUT2D eigenvalue weighted by Crippen LogP contribution is -2.37. The highest BCUT2D eigenvalue weighted by atomic mass is 127. The molecule has 0 radical (unpaired) electrons. The summed E-state index contributed by atoms with van der Waals surface area (Å²) < 4.78 is 24.4. The van der Waals surface area contributed by atoms with Crippen molar-refractivity contribution in [3.05, 3.63) is 66.2 Å². The molecule has 5 nitrogen and oxygen atoms in total. The Morgan fingerprint density at radius 3 is 2.16 bits per heavy atom. The molecular weight excluding hydrogens is 449 g/mol. The molecule has 0 amide bonds. The van der Waals surface area contributed by atoms with Gasteiger partial charge in [-0.1, -0.05) is 48.5 Å². The predicted octanol–water partition coefficient (Wildman–Crippen LogP) is 2.83. The highest BCUT2D eigenvalue weighted by Crippen LogP contribution is 2.10. The van der Waals surface area contributed by atoms with Crippen molar-refractivity contribution >= 4 is 39.8 Å². The molecule has 25 heavy (non-hydrogen) atoms. The number of benzene rings is 2. The summed E-state index contributed by atoms with van der Waals surface area (Å²) in [7, 11) is -1.53. The van der Waals surface area contributed by atoms with E-state index in [1.807, 2.05) is 36.4 Å². The number of hydrogen-bond acceptors (Lipinski definition) is 3. The van der Waals surface area contributed by atoms with E-state index in [1.165, 1.54) is 0 Å². The number of rotatable bonds is 7. The van der Waals surface area contributed by atoms with Gasteiger partial charge >= 0.3 is 0 Å². The first-order valence-electron chi connectivity index (χ1n) is 7.88. The Hall–Kier alpha value is -1.61. The molecule has 0 aromatic heterocycles. The first-order valence-corrected chi connectivity index (χ1v) is 9.53. The van der Waals surface area contributed by atoms with Crippen LogP contribution in [-0.4, -0.2) is 33.7 Å². The van der Waals surface area contributed by atoms with Crippen LogP contribution in [-0.2, 0) is 16.4 Å². The van der Waals surface area contributed by atoms with Gasteiger partial charge in [0.2, 0.25) is 0 Å². The van der Waals surface area contributed by atoms with Crippen molar-refractivity contribution < 1.29 is 8.42 Å². The molecule has 0 saturated heterocycles. The number of nitrogens with one attached hydrogen (secondary N) is 2. The molecule has 2 rings (SSSR count). The lowest BCUT2D eigenvalue weighted by atomic mass is 10.2. The third-order valence-corrected chi connectivity index (χ3v) is 5.33. The van der Waals surface area contributed by atoms with Crippen molar-refractivity contribution in [2.24, 2.45) is 4.99 Å². The molecule has 0 aliphatic heterocycles. The Labute approximate surface area is 166 Å². The average Bonchev–Trinajstić information content (AvgIpc) is 2.63. The number of halogens is 1. The summed E-state index contributed by atoms with van der Waals surface area (Å²) in [5.41, 5.74) is 1.16. The van der Waals surface area contributed by atoms with Gasteiger partial charge in [0.15, 0.2) is 15.8 Å². The van der Waals surface area contributed by atoms with E-state index < -0.39 is 9.84 Å². The predicted molar refractivity (Wildman–Crippen MR) is 113 cm³/mol. The summed E-state index contributed by atoms with van der Waals surface area (Å²) in [6.45, 7) is 1.21. The summed E-state index contributed by atoms with van der Waals surface area (Å²) >= 11 is 0. The van der Waals surface area contributed by atoms with Crippen LogP contribution in [0.25, 0.3) is 0 Å². The lowest BCUT2D eigenvalue weighted by molar-refractivity contribution is 0.592. The summed E-state index contributed by atoms with van der Waals surface area (Å²) in [4.78, 5) is 4.51. The van der Waals surface area contributed by atoms with E-state index in [2.05, 4.69) is 15.6 Å². The van der Waals surface area contributed by atoms with Crippen molar-refractivity contribution in [3.8, 4) is 0 Å². The minimum atomic E-state index is -3.22. The molecule has 0 unspecified atom stereocenters. The molecule has 0 bridgehead atoms. The van der Waals surface area contributed by atoms with E-state index >= 15 is 0 Å². The third-order valence-electron chi connectivity index (χ3n) is 3.51. The van der Waals surface area contributed by atoms with Gasteiger partial charge in [-0.2, -0.15) is 0 Å². The average molecular weight is 473 g/mol. The van der Waals surface area contributed by atoms with Crippen molar-refractivity contribution in [1.29, 1.82) is 0 Å². The second-order valence-corrected chi connectivity index (χ2v) is 7.43. The fourth-order valence-corrected chi connectivity index (χ4v) is 3.55. The molecular formula is C18H24IN3O2S. The Morgan fingerprint density at radius 2 is 1.56 bits per heavy atom. The molecule has 2 aromatic carbocycles. The molecule has 0 spiro atoms. The lowest BCUT2D eigenvalue weighted by Gasteiger charge is -2.12. The maximum absolute atomic E-state index is 12.2. The second-order valence-electron chi connectivity index (χ2n) is 5.32. The fraction of sp³-hybridized carbons (Fsp3) is 0.278. The largest absolute Gasteiger partial charge is 0.356 e. The molecule has 2 N–H and O–H groups in total. The van der Waals surface area contributed by atoms with E-state index in [4.69, 9.17) is 0 Å². The van der Waals surface area contributed by atoms with Crippen LogP contribution in [0, 0.1) is 0 Å². The fourth-order valence-electron chi connectivity index (χ4n) is 2.22. The molecule has 2 aromatic rings. The highest BCUT2D eigenvalue weighted by Gasteiger charge is 2.13. The van der Waals surface area contributed by atoms with Gasteiger partial charge in [0, 0.05) is 20.1 Å². The number of guanidine groups is 1. The number of sulfone groups is 1. The molecule has 0 aliphatic carbocycles. The zero-order valence-electron chi connectivity index (χ0n) is 14.2. The van der Waals surface area contributed by atoms with Crippen LogP contribution < -0.4 is 10.6 Å². The minimum Gasteiger partial charge on any atom is -0.356 e. The second kappa shape index (κ2) is 11.1. The van der Waals surface area contributed by atoms with Gasteiger partial charge < -0.3 is 10.6 Å². The van der Waals surface area contributed by atoms with E-state index in [-0.39, 0.29) is 29.7 Å². The zero-order chi connectivity index (χ0) is 17.3. The van der Waals surface area contributed by atoms with Crippen LogP contribution in [0.1, 0.15) is 12.0 Å². The van der Waals surface area contributed by atoms with Crippen molar-refractivity contribution in [3.63, 3.8) is 0 Å². The van der Waals surface area contributed by atoms with E-state index in [1.54, 1.807) is 31.3 Å².